The van der Waals surface area contributed by atoms with Crippen molar-refractivity contribution in [2.45, 2.75) is 33.3 Å². The summed E-state index contributed by atoms with van der Waals surface area (Å²) in [5.41, 5.74) is 1.08. The molecule has 0 atom stereocenters. The molecule has 0 radical (unpaired) electrons. The first-order chi connectivity index (χ1) is 5.27. The number of hydrogen-bond acceptors (Lipinski definition) is 3. The van der Waals surface area contributed by atoms with Gasteiger partial charge in [0.1, 0.15) is 0 Å². The van der Waals surface area contributed by atoms with E-state index in [0.717, 1.165) is 28.4 Å². The van der Waals surface area contributed by atoms with Gasteiger partial charge in [-0.25, -0.2) is 4.98 Å². The van der Waals surface area contributed by atoms with E-state index in [-0.39, 0.29) is 6.61 Å². The zero-order chi connectivity index (χ0) is 8.27. The third-order valence-corrected chi connectivity index (χ3v) is 2.51. The quantitative estimate of drug-likeness (QED) is 0.753. The topological polar surface area (TPSA) is 33.1 Å². The Labute approximate surface area is 70.9 Å². The maximum absolute atomic E-state index is 8.93. The third kappa shape index (κ3) is 2.01. The molecule has 62 valence electrons. The predicted octanol–water partition coefficient (Wildman–Crippen LogP) is 1.90. The van der Waals surface area contributed by atoms with Crippen LogP contribution in [-0.2, 0) is 13.0 Å². The molecule has 1 N–H and O–H groups in total. The maximum atomic E-state index is 8.93. The normalized spacial score (nSPS) is 10.5. The highest BCUT2D eigenvalue weighted by Gasteiger charge is 2.05. The number of aliphatic hydroxyl groups is 1. The summed E-state index contributed by atoms with van der Waals surface area (Å²) >= 11 is 1.59. The molecule has 3 heteroatoms. The van der Waals surface area contributed by atoms with Crippen LogP contribution in [0.1, 0.15) is 28.9 Å². The number of aromatic nitrogens is 1. The monoisotopic (exact) mass is 171 g/mol. The van der Waals surface area contributed by atoms with E-state index >= 15 is 0 Å². The van der Waals surface area contributed by atoms with Crippen molar-refractivity contribution in [1.82, 2.24) is 4.98 Å². The van der Waals surface area contributed by atoms with Crippen LogP contribution < -0.4 is 0 Å². The lowest BCUT2D eigenvalue weighted by Gasteiger charge is -1.93. The van der Waals surface area contributed by atoms with Crippen LogP contribution in [0.25, 0.3) is 0 Å². The smallest absolute Gasteiger partial charge is 0.0901 e. The first-order valence-corrected chi connectivity index (χ1v) is 4.65. The molecule has 0 saturated carbocycles. The molecule has 11 heavy (non-hydrogen) atoms. The zero-order valence-electron chi connectivity index (χ0n) is 6.92. The van der Waals surface area contributed by atoms with E-state index in [2.05, 4.69) is 11.9 Å². The summed E-state index contributed by atoms with van der Waals surface area (Å²) in [4.78, 5) is 5.36. The fourth-order valence-corrected chi connectivity index (χ4v) is 1.91. The number of aryl methyl sites for hydroxylation is 2. The van der Waals surface area contributed by atoms with Gasteiger partial charge in [-0.05, 0) is 13.3 Å². The highest BCUT2D eigenvalue weighted by Crippen LogP contribution is 2.18. The van der Waals surface area contributed by atoms with Gasteiger partial charge in [0.15, 0.2) is 0 Å². The molecule has 1 aromatic rings. The first-order valence-electron chi connectivity index (χ1n) is 3.84. The molecule has 0 aromatic carbocycles. The van der Waals surface area contributed by atoms with Crippen molar-refractivity contribution >= 4 is 11.3 Å². The van der Waals surface area contributed by atoms with Crippen molar-refractivity contribution in [3.63, 3.8) is 0 Å². The zero-order valence-corrected chi connectivity index (χ0v) is 7.74. The lowest BCUT2D eigenvalue weighted by molar-refractivity contribution is 0.284. The highest BCUT2D eigenvalue weighted by atomic mass is 32.1. The van der Waals surface area contributed by atoms with Gasteiger partial charge in [-0.3, -0.25) is 0 Å². The fourth-order valence-electron chi connectivity index (χ4n) is 1.07. The van der Waals surface area contributed by atoms with Gasteiger partial charge in [0.25, 0.3) is 0 Å². The van der Waals surface area contributed by atoms with Crippen LogP contribution in [0, 0.1) is 6.92 Å². The molecule has 1 aromatic heterocycles. The molecule has 0 amide bonds. The second kappa shape index (κ2) is 3.83. The number of thiazole rings is 1. The minimum absolute atomic E-state index is 0.140. The van der Waals surface area contributed by atoms with E-state index in [1.54, 1.807) is 11.3 Å². The van der Waals surface area contributed by atoms with Crippen molar-refractivity contribution in [2.75, 3.05) is 0 Å². The molecule has 0 bridgehead atoms. The van der Waals surface area contributed by atoms with Gasteiger partial charge in [-0.15, -0.1) is 11.3 Å². The summed E-state index contributed by atoms with van der Waals surface area (Å²) in [6.45, 7) is 4.24. The molecule has 0 fully saturated rings. The van der Waals surface area contributed by atoms with Crippen molar-refractivity contribution in [3.05, 3.63) is 15.6 Å². The van der Waals surface area contributed by atoms with E-state index in [0.29, 0.717) is 0 Å². The molecule has 0 unspecified atom stereocenters. The Bertz CT molecular complexity index is 232. The maximum Gasteiger partial charge on any atom is 0.0901 e. The molecule has 1 rings (SSSR count). The Morgan fingerprint density at radius 3 is 2.82 bits per heavy atom. The van der Waals surface area contributed by atoms with Crippen molar-refractivity contribution in [2.24, 2.45) is 0 Å². The average molecular weight is 171 g/mol. The lowest BCUT2D eigenvalue weighted by atomic mass is 10.2. The number of aliphatic hydroxyl groups excluding tert-OH is 1. The molecule has 2 nitrogen and oxygen atoms in total. The Morgan fingerprint density at radius 2 is 2.27 bits per heavy atom. The van der Waals surface area contributed by atoms with Gasteiger partial charge in [-0.1, -0.05) is 13.3 Å². The molecule has 0 aliphatic carbocycles. The second-order valence-electron chi connectivity index (χ2n) is 2.51. The van der Waals surface area contributed by atoms with Crippen LogP contribution >= 0.6 is 11.3 Å². The summed E-state index contributed by atoms with van der Waals surface area (Å²) in [6.07, 6.45) is 2.08. The van der Waals surface area contributed by atoms with E-state index < -0.39 is 0 Å². The SMILES string of the molecule is CCCc1nc(C)sc1CO. The molecule has 0 saturated heterocycles. The molecular formula is C8H13NOS. The van der Waals surface area contributed by atoms with Crippen LogP contribution in [0.4, 0.5) is 0 Å². The van der Waals surface area contributed by atoms with Gasteiger partial charge in [0, 0.05) is 0 Å². The van der Waals surface area contributed by atoms with Crippen molar-refractivity contribution < 1.29 is 5.11 Å². The van der Waals surface area contributed by atoms with Gasteiger partial charge < -0.3 is 5.11 Å². The lowest BCUT2D eigenvalue weighted by Crippen LogP contribution is -1.89. The molecular weight excluding hydrogens is 158 g/mol. The molecule has 0 aliphatic heterocycles. The van der Waals surface area contributed by atoms with Crippen LogP contribution in [0.15, 0.2) is 0 Å². The summed E-state index contributed by atoms with van der Waals surface area (Å²) in [7, 11) is 0. The van der Waals surface area contributed by atoms with Gasteiger partial charge in [-0.2, -0.15) is 0 Å². The number of rotatable bonds is 3. The van der Waals surface area contributed by atoms with Gasteiger partial charge >= 0.3 is 0 Å². The van der Waals surface area contributed by atoms with E-state index in [1.807, 2.05) is 6.92 Å². The number of hydrogen-bond donors (Lipinski definition) is 1. The van der Waals surface area contributed by atoms with Crippen molar-refractivity contribution in [3.8, 4) is 0 Å². The van der Waals surface area contributed by atoms with Crippen LogP contribution in [0.3, 0.4) is 0 Å². The van der Waals surface area contributed by atoms with Crippen LogP contribution in [0.5, 0.6) is 0 Å². The Morgan fingerprint density at radius 1 is 1.55 bits per heavy atom. The predicted molar refractivity (Wildman–Crippen MR) is 46.8 cm³/mol. The minimum Gasteiger partial charge on any atom is -0.391 e. The number of nitrogens with zero attached hydrogens (tertiary/aromatic N) is 1. The van der Waals surface area contributed by atoms with Gasteiger partial charge in [0.2, 0.25) is 0 Å². The van der Waals surface area contributed by atoms with E-state index in [9.17, 15) is 0 Å². The molecule has 0 spiro atoms. The molecule has 1 heterocycles. The first kappa shape index (κ1) is 8.68. The third-order valence-electron chi connectivity index (χ3n) is 1.52. The minimum atomic E-state index is 0.140. The fraction of sp³-hybridized carbons (Fsp3) is 0.625. The summed E-state index contributed by atoms with van der Waals surface area (Å²) in [5.74, 6) is 0. The van der Waals surface area contributed by atoms with Gasteiger partial charge in [0.05, 0.1) is 22.2 Å². The summed E-state index contributed by atoms with van der Waals surface area (Å²) in [5, 5.41) is 9.98. The highest BCUT2D eigenvalue weighted by molar-refractivity contribution is 7.11. The standard InChI is InChI=1S/C8H13NOS/c1-3-4-7-8(5-10)11-6(2)9-7/h10H,3-5H2,1-2H3. The van der Waals surface area contributed by atoms with E-state index in [1.165, 1.54) is 0 Å². The van der Waals surface area contributed by atoms with Crippen molar-refractivity contribution in [1.29, 1.82) is 0 Å². The Hall–Kier alpha value is -0.410. The summed E-state index contributed by atoms with van der Waals surface area (Å²) in [6, 6.07) is 0. The Kier molecular flexibility index (Phi) is 3.02. The van der Waals surface area contributed by atoms with E-state index in [4.69, 9.17) is 5.11 Å². The molecule has 0 aliphatic rings. The van der Waals surface area contributed by atoms with Crippen LogP contribution in [-0.4, -0.2) is 10.1 Å². The Balaban J connectivity index is 2.83. The van der Waals surface area contributed by atoms with Crippen LogP contribution in [0.2, 0.25) is 0 Å². The average Bonchev–Trinajstić information content (AvgIpc) is 2.32. The second-order valence-corrected chi connectivity index (χ2v) is 3.80. The summed E-state index contributed by atoms with van der Waals surface area (Å²) < 4.78 is 0. The largest absolute Gasteiger partial charge is 0.391 e.